The van der Waals surface area contributed by atoms with Crippen molar-refractivity contribution < 1.29 is 9.53 Å². The highest BCUT2D eigenvalue weighted by molar-refractivity contribution is 6.33. The number of rotatable bonds is 4. The fourth-order valence-electron chi connectivity index (χ4n) is 2.89. The second-order valence-electron chi connectivity index (χ2n) is 7.30. The lowest BCUT2D eigenvalue weighted by atomic mass is 10.1. The number of ether oxygens (including phenoxy) is 1. The Hall–Kier alpha value is -1.46. The smallest absolute Gasteiger partial charge is 0.410 e. The van der Waals surface area contributed by atoms with Gasteiger partial charge in [-0.05, 0) is 57.9 Å². The van der Waals surface area contributed by atoms with E-state index in [2.05, 4.69) is 11.0 Å². The van der Waals surface area contributed by atoms with E-state index in [1.807, 2.05) is 32.9 Å². The molecule has 1 heterocycles. The van der Waals surface area contributed by atoms with Crippen LogP contribution in [0.15, 0.2) is 18.2 Å². The van der Waals surface area contributed by atoms with E-state index in [1.165, 1.54) is 0 Å². The fraction of sp³-hybridized carbons (Fsp3) is 0.611. The van der Waals surface area contributed by atoms with Gasteiger partial charge in [0, 0.05) is 20.1 Å². The van der Waals surface area contributed by atoms with Crippen molar-refractivity contribution >= 4 is 23.4 Å². The van der Waals surface area contributed by atoms with E-state index in [1.54, 1.807) is 11.9 Å². The average Bonchev–Trinajstić information content (AvgIpc) is 2.94. The molecule has 0 aliphatic carbocycles. The Morgan fingerprint density at radius 3 is 2.75 bits per heavy atom. The molecule has 1 atom stereocenters. The molecule has 1 aliphatic rings. The molecule has 0 bridgehead atoms. The van der Waals surface area contributed by atoms with Crippen LogP contribution < -0.4 is 10.6 Å². The van der Waals surface area contributed by atoms with Gasteiger partial charge in [0.1, 0.15) is 5.60 Å². The van der Waals surface area contributed by atoms with E-state index < -0.39 is 5.60 Å². The minimum atomic E-state index is -0.480. The summed E-state index contributed by atoms with van der Waals surface area (Å²) in [6, 6.07) is 6.22. The number of carbonyl (C=O) groups is 1. The number of hydrogen-bond donors (Lipinski definition) is 1. The number of likely N-dealkylation sites (N-methyl/N-ethyl adjacent to an activating group) is 1. The maximum atomic E-state index is 12.2. The van der Waals surface area contributed by atoms with Gasteiger partial charge in [0.25, 0.3) is 0 Å². The minimum absolute atomic E-state index is 0.125. The maximum Gasteiger partial charge on any atom is 0.410 e. The summed E-state index contributed by atoms with van der Waals surface area (Å²) in [5.74, 6) is 0. The maximum absolute atomic E-state index is 12.2. The van der Waals surface area contributed by atoms with Crippen molar-refractivity contribution in [3.05, 3.63) is 28.8 Å². The van der Waals surface area contributed by atoms with Gasteiger partial charge in [-0.3, -0.25) is 0 Å². The van der Waals surface area contributed by atoms with Crippen LogP contribution in [0.1, 0.15) is 32.8 Å². The van der Waals surface area contributed by atoms with E-state index in [4.69, 9.17) is 22.1 Å². The van der Waals surface area contributed by atoms with Gasteiger partial charge in [0.05, 0.1) is 16.8 Å². The number of carbonyl (C=O) groups excluding carboxylic acids is 1. The molecule has 2 N–H and O–H groups in total. The third-order valence-corrected chi connectivity index (χ3v) is 4.48. The first-order chi connectivity index (χ1) is 11.2. The molecular weight excluding hydrogens is 326 g/mol. The standard InChI is InChI=1S/C18H28ClN3O2/c1-18(2,3)24-17(23)21(4)14-8-10-22(12-14)16-6-5-13(7-9-20)11-15(16)19/h5-6,11,14H,7-10,12,20H2,1-4H3/t14-/m1/s1. The lowest BCUT2D eigenvalue weighted by Gasteiger charge is -2.29. The summed E-state index contributed by atoms with van der Waals surface area (Å²) in [7, 11) is 1.80. The second kappa shape index (κ2) is 7.62. The molecule has 1 fully saturated rings. The van der Waals surface area contributed by atoms with Crippen LogP contribution in [0.3, 0.4) is 0 Å². The van der Waals surface area contributed by atoms with Gasteiger partial charge >= 0.3 is 6.09 Å². The highest BCUT2D eigenvalue weighted by Crippen LogP contribution is 2.31. The molecule has 1 amide bonds. The highest BCUT2D eigenvalue weighted by Gasteiger charge is 2.31. The molecule has 1 aromatic rings. The normalized spacial score (nSPS) is 17.9. The van der Waals surface area contributed by atoms with Gasteiger partial charge < -0.3 is 20.3 Å². The van der Waals surface area contributed by atoms with Crippen molar-refractivity contribution in [2.75, 3.05) is 31.6 Å². The first kappa shape index (κ1) is 18.9. The van der Waals surface area contributed by atoms with Gasteiger partial charge in [-0.2, -0.15) is 0 Å². The fourth-order valence-corrected chi connectivity index (χ4v) is 3.21. The number of benzene rings is 1. The van der Waals surface area contributed by atoms with Crippen molar-refractivity contribution in [2.24, 2.45) is 5.73 Å². The summed E-state index contributed by atoms with van der Waals surface area (Å²) in [5.41, 5.74) is 7.27. The van der Waals surface area contributed by atoms with Crippen molar-refractivity contribution in [1.82, 2.24) is 4.90 Å². The van der Waals surface area contributed by atoms with Gasteiger partial charge in [0.15, 0.2) is 0 Å². The number of anilines is 1. The molecular formula is C18H28ClN3O2. The van der Waals surface area contributed by atoms with E-state index in [0.717, 1.165) is 42.2 Å². The van der Waals surface area contributed by atoms with Crippen LogP contribution in [-0.4, -0.2) is 49.3 Å². The molecule has 1 saturated heterocycles. The number of amides is 1. The predicted molar refractivity (Wildman–Crippen MR) is 98.8 cm³/mol. The zero-order valence-corrected chi connectivity index (χ0v) is 15.8. The summed E-state index contributed by atoms with van der Waals surface area (Å²) in [6.07, 6.45) is 1.44. The van der Waals surface area contributed by atoms with Crippen LogP contribution in [0.4, 0.5) is 10.5 Å². The molecule has 5 nitrogen and oxygen atoms in total. The van der Waals surface area contributed by atoms with Gasteiger partial charge in [-0.1, -0.05) is 17.7 Å². The highest BCUT2D eigenvalue weighted by atomic mass is 35.5. The van der Waals surface area contributed by atoms with Crippen LogP contribution in [0.25, 0.3) is 0 Å². The Morgan fingerprint density at radius 2 is 2.17 bits per heavy atom. The SMILES string of the molecule is CN(C(=O)OC(C)(C)C)[C@@H]1CCN(c2ccc(CCN)cc2Cl)C1. The molecule has 2 rings (SSSR count). The second-order valence-corrected chi connectivity index (χ2v) is 7.71. The minimum Gasteiger partial charge on any atom is -0.444 e. The van der Waals surface area contributed by atoms with Crippen molar-refractivity contribution in [1.29, 1.82) is 0 Å². The predicted octanol–water partition coefficient (Wildman–Crippen LogP) is 3.29. The summed E-state index contributed by atoms with van der Waals surface area (Å²) in [5, 5.41) is 0.738. The third kappa shape index (κ3) is 4.77. The van der Waals surface area contributed by atoms with E-state index in [0.29, 0.717) is 6.54 Å². The van der Waals surface area contributed by atoms with Gasteiger partial charge in [0.2, 0.25) is 0 Å². The van der Waals surface area contributed by atoms with E-state index in [-0.39, 0.29) is 12.1 Å². The molecule has 0 saturated carbocycles. The third-order valence-electron chi connectivity index (χ3n) is 4.18. The van der Waals surface area contributed by atoms with Crippen molar-refractivity contribution in [3.8, 4) is 0 Å². The first-order valence-corrected chi connectivity index (χ1v) is 8.78. The number of halogens is 1. The Bertz CT molecular complexity index is 586. The summed E-state index contributed by atoms with van der Waals surface area (Å²) in [4.78, 5) is 16.1. The molecule has 1 aliphatic heterocycles. The van der Waals surface area contributed by atoms with Gasteiger partial charge in [-0.15, -0.1) is 0 Å². The van der Waals surface area contributed by atoms with E-state index >= 15 is 0 Å². The van der Waals surface area contributed by atoms with Crippen molar-refractivity contribution in [3.63, 3.8) is 0 Å². The lowest BCUT2D eigenvalue weighted by Crippen LogP contribution is -2.42. The lowest BCUT2D eigenvalue weighted by molar-refractivity contribution is 0.0238. The van der Waals surface area contributed by atoms with Gasteiger partial charge in [-0.25, -0.2) is 4.79 Å². The van der Waals surface area contributed by atoms with Crippen LogP contribution in [0.5, 0.6) is 0 Å². The van der Waals surface area contributed by atoms with Crippen molar-refractivity contribution in [2.45, 2.75) is 45.3 Å². The number of nitrogens with two attached hydrogens (primary N) is 1. The Kier molecular flexibility index (Phi) is 5.99. The summed E-state index contributed by atoms with van der Waals surface area (Å²) in [6.45, 7) is 7.87. The quantitative estimate of drug-likeness (QED) is 0.902. The zero-order chi connectivity index (χ0) is 17.9. The Morgan fingerprint density at radius 1 is 1.46 bits per heavy atom. The molecule has 6 heteroatoms. The average molecular weight is 354 g/mol. The Balaban J connectivity index is 2.01. The summed E-state index contributed by atoms with van der Waals surface area (Å²) >= 11 is 6.43. The van der Waals surface area contributed by atoms with Crippen LogP contribution in [0.2, 0.25) is 5.02 Å². The first-order valence-electron chi connectivity index (χ1n) is 8.40. The molecule has 0 radical (unpaired) electrons. The topological polar surface area (TPSA) is 58.8 Å². The van der Waals surface area contributed by atoms with Crippen LogP contribution in [-0.2, 0) is 11.2 Å². The molecule has 0 spiro atoms. The number of nitrogens with zero attached hydrogens (tertiary/aromatic N) is 2. The van der Waals surface area contributed by atoms with Crippen LogP contribution >= 0.6 is 11.6 Å². The zero-order valence-electron chi connectivity index (χ0n) is 15.0. The Labute approximate surface area is 149 Å². The molecule has 134 valence electrons. The van der Waals surface area contributed by atoms with Crippen LogP contribution in [0, 0.1) is 0 Å². The molecule has 1 aromatic carbocycles. The molecule has 0 unspecified atom stereocenters. The number of hydrogen-bond acceptors (Lipinski definition) is 4. The molecule has 24 heavy (non-hydrogen) atoms. The monoisotopic (exact) mass is 353 g/mol. The summed E-state index contributed by atoms with van der Waals surface area (Å²) < 4.78 is 5.45. The van der Waals surface area contributed by atoms with E-state index in [9.17, 15) is 4.79 Å². The largest absolute Gasteiger partial charge is 0.444 e. The molecule has 0 aromatic heterocycles.